The number of carboxylic acids is 1. The van der Waals surface area contributed by atoms with E-state index in [-0.39, 0.29) is 24.4 Å². The van der Waals surface area contributed by atoms with Crippen molar-refractivity contribution in [2.45, 2.75) is 13.8 Å². The molecule has 2 fully saturated rings. The Morgan fingerprint density at radius 1 is 0.950 bits per heavy atom. The molecule has 1 N–H and O–H groups in total. The van der Waals surface area contributed by atoms with Crippen molar-refractivity contribution in [1.82, 2.24) is 14.7 Å². The summed E-state index contributed by atoms with van der Waals surface area (Å²) in [5.74, 6) is -1.31. The minimum absolute atomic E-state index is 0.0186. The first kappa shape index (κ1) is 14.6. The maximum Gasteiger partial charge on any atom is 0.320 e. The number of urea groups is 1. The summed E-state index contributed by atoms with van der Waals surface area (Å²) in [4.78, 5) is 39.7. The second-order valence-corrected chi connectivity index (χ2v) is 5.60. The molecule has 2 rings (SSSR count). The number of aliphatic carboxylic acids is 1. The molecule has 7 heteroatoms. The van der Waals surface area contributed by atoms with Gasteiger partial charge in [0.2, 0.25) is 5.91 Å². The summed E-state index contributed by atoms with van der Waals surface area (Å²) < 4.78 is 0. The Hall–Kier alpha value is -1.79. The highest BCUT2D eigenvalue weighted by molar-refractivity contribution is 5.78. The molecule has 0 aliphatic carbocycles. The average Bonchev–Trinajstić information content (AvgIpc) is 2.80. The quantitative estimate of drug-likeness (QED) is 0.730. The first-order valence-corrected chi connectivity index (χ1v) is 6.92. The van der Waals surface area contributed by atoms with Gasteiger partial charge in [0.25, 0.3) is 0 Å². The summed E-state index contributed by atoms with van der Waals surface area (Å²) in [6.45, 7) is 6.28. The Labute approximate surface area is 118 Å². The standard InChI is InChI=1S/C13H21N3O4/c1-9-7-16(8-11(9)12(18)19)13(20)15-5-3-14(4-6-15)10(2)17/h9,11H,3-8H2,1-2H3,(H,18,19). The lowest BCUT2D eigenvalue weighted by molar-refractivity contribution is -0.142. The van der Waals surface area contributed by atoms with E-state index in [1.165, 1.54) is 6.92 Å². The third kappa shape index (κ3) is 2.86. The molecule has 2 saturated heterocycles. The SMILES string of the molecule is CC(=O)N1CCN(C(=O)N2CC(C)C(C(=O)O)C2)CC1. The monoisotopic (exact) mass is 283 g/mol. The minimum atomic E-state index is -0.839. The minimum Gasteiger partial charge on any atom is -0.481 e. The fraction of sp³-hybridized carbons (Fsp3) is 0.769. The highest BCUT2D eigenvalue weighted by Crippen LogP contribution is 2.24. The Bertz CT molecular complexity index is 418. The van der Waals surface area contributed by atoms with Gasteiger partial charge in [0.05, 0.1) is 5.92 Å². The molecule has 2 aliphatic rings. The molecule has 3 amide bonds. The van der Waals surface area contributed by atoms with Crippen LogP contribution in [-0.4, -0.2) is 77.0 Å². The molecule has 2 unspecified atom stereocenters. The predicted octanol–water partition coefficient (Wildman–Crippen LogP) is -0.0770. The third-order valence-corrected chi connectivity index (χ3v) is 4.20. The van der Waals surface area contributed by atoms with Gasteiger partial charge in [-0.1, -0.05) is 6.92 Å². The Morgan fingerprint density at radius 3 is 1.95 bits per heavy atom. The Balaban J connectivity index is 1.90. The van der Waals surface area contributed by atoms with Crippen LogP contribution in [0.1, 0.15) is 13.8 Å². The molecule has 7 nitrogen and oxygen atoms in total. The molecule has 112 valence electrons. The van der Waals surface area contributed by atoms with Crippen molar-refractivity contribution in [1.29, 1.82) is 0 Å². The van der Waals surface area contributed by atoms with Gasteiger partial charge in [-0.15, -0.1) is 0 Å². The number of piperazine rings is 1. The molecule has 0 radical (unpaired) electrons. The second kappa shape index (κ2) is 5.68. The Morgan fingerprint density at radius 2 is 1.50 bits per heavy atom. The zero-order chi connectivity index (χ0) is 14.9. The number of rotatable bonds is 1. The van der Waals surface area contributed by atoms with Crippen molar-refractivity contribution in [3.05, 3.63) is 0 Å². The number of nitrogens with zero attached hydrogens (tertiary/aromatic N) is 3. The first-order valence-electron chi connectivity index (χ1n) is 6.92. The smallest absolute Gasteiger partial charge is 0.320 e. The van der Waals surface area contributed by atoms with Gasteiger partial charge in [0, 0.05) is 46.2 Å². The molecule has 20 heavy (non-hydrogen) atoms. The van der Waals surface area contributed by atoms with Crippen LogP contribution in [0.3, 0.4) is 0 Å². The maximum absolute atomic E-state index is 12.3. The molecule has 0 aromatic heterocycles. The molecule has 0 aromatic rings. The van der Waals surface area contributed by atoms with Gasteiger partial charge in [-0.25, -0.2) is 4.79 Å². The van der Waals surface area contributed by atoms with Crippen LogP contribution in [0.4, 0.5) is 4.79 Å². The topological polar surface area (TPSA) is 81.2 Å². The van der Waals surface area contributed by atoms with Gasteiger partial charge in [0.1, 0.15) is 0 Å². The van der Waals surface area contributed by atoms with Gasteiger partial charge in [-0.2, -0.15) is 0 Å². The maximum atomic E-state index is 12.3. The number of hydrogen-bond acceptors (Lipinski definition) is 3. The van der Waals surface area contributed by atoms with Crippen LogP contribution in [0.25, 0.3) is 0 Å². The summed E-state index contributed by atoms with van der Waals surface area (Å²) in [7, 11) is 0. The summed E-state index contributed by atoms with van der Waals surface area (Å²) in [5.41, 5.74) is 0. The van der Waals surface area contributed by atoms with Crippen LogP contribution in [0.2, 0.25) is 0 Å². The average molecular weight is 283 g/mol. The molecule has 0 aromatic carbocycles. The Kier molecular flexibility index (Phi) is 4.15. The van der Waals surface area contributed by atoms with Crippen molar-refractivity contribution in [2.75, 3.05) is 39.3 Å². The zero-order valence-corrected chi connectivity index (χ0v) is 11.9. The highest BCUT2D eigenvalue weighted by Gasteiger charge is 2.38. The summed E-state index contributed by atoms with van der Waals surface area (Å²) in [6.07, 6.45) is 0. The van der Waals surface area contributed by atoms with E-state index in [9.17, 15) is 14.4 Å². The number of hydrogen-bond donors (Lipinski definition) is 1. The van der Waals surface area contributed by atoms with Gasteiger partial charge in [0.15, 0.2) is 0 Å². The molecule has 0 saturated carbocycles. The van der Waals surface area contributed by atoms with Crippen molar-refractivity contribution in [2.24, 2.45) is 11.8 Å². The van der Waals surface area contributed by atoms with Crippen molar-refractivity contribution < 1.29 is 19.5 Å². The molecule has 0 spiro atoms. The molecule has 2 heterocycles. The van der Waals surface area contributed by atoms with Crippen LogP contribution in [0.5, 0.6) is 0 Å². The number of amides is 3. The van der Waals surface area contributed by atoms with E-state index in [0.29, 0.717) is 32.7 Å². The van der Waals surface area contributed by atoms with E-state index >= 15 is 0 Å². The van der Waals surface area contributed by atoms with Crippen LogP contribution < -0.4 is 0 Å². The van der Waals surface area contributed by atoms with Gasteiger partial charge in [-0.05, 0) is 5.92 Å². The van der Waals surface area contributed by atoms with E-state index in [1.54, 1.807) is 14.7 Å². The predicted molar refractivity (Wildman–Crippen MR) is 71.1 cm³/mol. The number of likely N-dealkylation sites (tertiary alicyclic amines) is 1. The normalized spacial score (nSPS) is 26.8. The van der Waals surface area contributed by atoms with E-state index in [2.05, 4.69) is 0 Å². The fourth-order valence-electron chi connectivity index (χ4n) is 2.86. The van der Waals surface area contributed by atoms with Crippen LogP contribution >= 0.6 is 0 Å². The van der Waals surface area contributed by atoms with Crippen molar-refractivity contribution >= 4 is 17.9 Å². The van der Waals surface area contributed by atoms with Crippen molar-refractivity contribution in [3.63, 3.8) is 0 Å². The lowest BCUT2D eigenvalue weighted by atomic mass is 9.99. The molecule has 2 atom stereocenters. The van der Waals surface area contributed by atoms with E-state index in [4.69, 9.17) is 5.11 Å². The second-order valence-electron chi connectivity index (χ2n) is 5.60. The van der Waals surface area contributed by atoms with Crippen LogP contribution in [0, 0.1) is 11.8 Å². The molecular weight excluding hydrogens is 262 g/mol. The van der Waals surface area contributed by atoms with E-state index < -0.39 is 11.9 Å². The zero-order valence-electron chi connectivity index (χ0n) is 11.9. The first-order chi connectivity index (χ1) is 9.40. The van der Waals surface area contributed by atoms with Crippen molar-refractivity contribution in [3.8, 4) is 0 Å². The lowest BCUT2D eigenvalue weighted by Crippen LogP contribution is -2.53. The highest BCUT2D eigenvalue weighted by atomic mass is 16.4. The molecular formula is C13H21N3O4. The summed E-state index contributed by atoms with van der Waals surface area (Å²) in [5, 5.41) is 9.09. The number of carbonyl (C=O) groups excluding carboxylic acids is 2. The van der Waals surface area contributed by atoms with E-state index in [1.807, 2.05) is 6.92 Å². The number of carbonyl (C=O) groups is 3. The van der Waals surface area contributed by atoms with Crippen LogP contribution in [-0.2, 0) is 9.59 Å². The lowest BCUT2D eigenvalue weighted by Gasteiger charge is -2.36. The third-order valence-electron chi connectivity index (χ3n) is 4.20. The van der Waals surface area contributed by atoms with Gasteiger partial charge in [-0.3, -0.25) is 9.59 Å². The largest absolute Gasteiger partial charge is 0.481 e. The van der Waals surface area contributed by atoms with Crippen LogP contribution in [0.15, 0.2) is 0 Å². The summed E-state index contributed by atoms with van der Waals surface area (Å²) in [6, 6.07) is -0.108. The molecule has 0 bridgehead atoms. The number of carboxylic acid groups (broad SMARTS) is 1. The fourth-order valence-corrected chi connectivity index (χ4v) is 2.86. The van der Waals surface area contributed by atoms with Gasteiger partial charge < -0.3 is 19.8 Å². The van der Waals surface area contributed by atoms with Gasteiger partial charge >= 0.3 is 12.0 Å². The molecule has 2 aliphatic heterocycles. The summed E-state index contributed by atoms with van der Waals surface area (Å²) >= 11 is 0. The van der Waals surface area contributed by atoms with E-state index in [0.717, 1.165) is 0 Å².